The zero-order chi connectivity index (χ0) is 16.7. The van der Waals surface area contributed by atoms with Gasteiger partial charge in [0, 0.05) is 19.2 Å². The van der Waals surface area contributed by atoms with Crippen molar-refractivity contribution in [2.45, 2.75) is 26.2 Å². The van der Waals surface area contributed by atoms with Crippen LogP contribution in [0.25, 0.3) is 6.08 Å². The summed E-state index contributed by atoms with van der Waals surface area (Å²) in [5.41, 5.74) is 3.67. The van der Waals surface area contributed by atoms with Crippen LogP contribution in [0.2, 0.25) is 5.02 Å². The monoisotopic (exact) mass is 338 g/mol. The molecular formula is C17H23ClN2O3. The SMILES string of the molecule is CCOc1cc(/C=C/C(=O)NN2CCCCC2)cc(Cl)c1OC. The first-order chi connectivity index (χ1) is 11.1. The van der Waals surface area contributed by atoms with E-state index in [1.807, 2.05) is 11.9 Å². The van der Waals surface area contributed by atoms with E-state index in [2.05, 4.69) is 5.43 Å². The van der Waals surface area contributed by atoms with Crippen molar-refractivity contribution < 1.29 is 14.3 Å². The summed E-state index contributed by atoms with van der Waals surface area (Å²) in [4.78, 5) is 12.0. The van der Waals surface area contributed by atoms with Gasteiger partial charge in [0.1, 0.15) is 0 Å². The third-order valence-corrected chi connectivity index (χ3v) is 3.87. The molecular weight excluding hydrogens is 316 g/mol. The normalized spacial score (nSPS) is 15.6. The molecule has 5 nitrogen and oxygen atoms in total. The van der Waals surface area contributed by atoms with Gasteiger partial charge in [-0.15, -0.1) is 0 Å². The fourth-order valence-corrected chi connectivity index (χ4v) is 2.81. The summed E-state index contributed by atoms with van der Waals surface area (Å²) < 4.78 is 10.8. The van der Waals surface area contributed by atoms with Gasteiger partial charge in [0.2, 0.25) is 0 Å². The van der Waals surface area contributed by atoms with Crippen LogP contribution in [0.5, 0.6) is 11.5 Å². The lowest BCUT2D eigenvalue weighted by Crippen LogP contribution is -2.44. The molecule has 0 spiro atoms. The number of halogens is 1. The Labute approximate surface area is 142 Å². The molecule has 126 valence electrons. The van der Waals surface area contributed by atoms with Gasteiger partial charge in [-0.25, -0.2) is 5.01 Å². The minimum atomic E-state index is -0.142. The van der Waals surface area contributed by atoms with Crippen LogP contribution in [0.3, 0.4) is 0 Å². The molecule has 0 radical (unpaired) electrons. The molecule has 1 aromatic carbocycles. The number of carbonyl (C=O) groups is 1. The van der Waals surface area contributed by atoms with Crippen molar-refractivity contribution in [3.63, 3.8) is 0 Å². The highest BCUT2D eigenvalue weighted by molar-refractivity contribution is 6.32. The van der Waals surface area contributed by atoms with Gasteiger partial charge in [-0.3, -0.25) is 10.2 Å². The Morgan fingerprint density at radius 2 is 2.09 bits per heavy atom. The molecule has 0 saturated carbocycles. The number of amides is 1. The predicted molar refractivity (Wildman–Crippen MR) is 91.8 cm³/mol. The first kappa shape index (κ1) is 17.6. The van der Waals surface area contributed by atoms with E-state index in [1.54, 1.807) is 25.3 Å². The number of benzene rings is 1. The molecule has 23 heavy (non-hydrogen) atoms. The number of hydrazine groups is 1. The third-order valence-electron chi connectivity index (χ3n) is 3.59. The van der Waals surface area contributed by atoms with Gasteiger partial charge < -0.3 is 9.47 Å². The smallest absolute Gasteiger partial charge is 0.258 e. The van der Waals surface area contributed by atoms with Crippen LogP contribution >= 0.6 is 11.6 Å². The summed E-state index contributed by atoms with van der Waals surface area (Å²) in [7, 11) is 1.55. The zero-order valence-electron chi connectivity index (χ0n) is 13.6. The van der Waals surface area contributed by atoms with Crippen LogP contribution in [0.1, 0.15) is 31.7 Å². The standard InChI is InChI=1S/C17H23ClN2O3/c1-3-23-15-12-13(11-14(18)17(15)22-2)7-8-16(21)19-20-9-5-4-6-10-20/h7-8,11-12H,3-6,9-10H2,1-2H3,(H,19,21)/b8-7+. The molecule has 1 aliphatic heterocycles. The fourth-order valence-electron chi connectivity index (χ4n) is 2.52. The van der Waals surface area contributed by atoms with Crippen LogP contribution in [-0.2, 0) is 4.79 Å². The van der Waals surface area contributed by atoms with Crippen molar-refractivity contribution in [1.82, 2.24) is 10.4 Å². The molecule has 1 N–H and O–H groups in total. The molecule has 0 unspecified atom stereocenters. The molecule has 1 amide bonds. The number of nitrogens with zero attached hydrogens (tertiary/aromatic N) is 1. The van der Waals surface area contributed by atoms with E-state index >= 15 is 0 Å². The van der Waals surface area contributed by atoms with Crippen LogP contribution in [0, 0.1) is 0 Å². The van der Waals surface area contributed by atoms with Crippen LogP contribution in [-0.4, -0.2) is 37.7 Å². The highest BCUT2D eigenvalue weighted by Gasteiger charge is 2.12. The van der Waals surface area contributed by atoms with Crippen molar-refractivity contribution in [2.75, 3.05) is 26.8 Å². The number of piperidine rings is 1. The Morgan fingerprint density at radius 1 is 1.35 bits per heavy atom. The van der Waals surface area contributed by atoms with Gasteiger partial charge >= 0.3 is 0 Å². The van der Waals surface area contributed by atoms with E-state index < -0.39 is 0 Å². The highest BCUT2D eigenvalue weighted by Crippen LogP contribution is 2.36. The average Bonchev–Trinajstić information content (AvgIpc) is 2.54. The van der Waals surface area contributed by atoms with Gasteiger partial charge in [0.05, 0.1) is 18.7 Å². The number of rotatable bonds is 6. The minimum absolute atomic E-state index is 0.142. The van der Waals surface area contributed by atoms with Crippen molar-refractivity contribution in [1.29, 1.82) is 0 Å². The Hall–Kier alpha value is -1.72. The second-order valence-corrected chi connectivity index (χ2v) is 5.73. The van der Waals surface area contributed by atoms with Gasteiger partial charge in [-0.05, 0) is 43.5 Å². The molecule has 1 aliphatic rings. The topological polar surface area (TPSA) is 50.8 Å². The van der Waals surface area contributed by atoms with Gasteiger partial charge in [0.15, 0.2) is 11.5 Å². The van der Waals surface area contributed by atoms with Crippen molar-refractivity contribution in [3.05, 3.63) is 28.8 Å². The molecule has 1 heterocycles. The number of ether oxygens (including phenoxy) is 2. The lowest BCUT2D eigenvalue weighted by molar-refractivity contribution is -0.121. The molecule has 1 saturated heterocycles. The summed E-state index contributed by atoms with van der Waals surface area (Å²) in [6.07, 6.45) is 6.69. The Bertz CT molecular complexity index is 569. The largest absolute Gasteiger partial charge is 0.491 e. The quantitative estimate of drug-likeness (QED) is 0.809. The maximum Gasteiger partial charge on any atom is 0.258 e. The van der Waals surface area contributed by atoms with Crippen molar-refractivity contribution >= 4 is 23.6 Å². The first-order valence-electron chi connectivity index (χ1n) is 7.88. The van der Waals surface area contributed by atoms with Gasteiger partial charge in [-0.1, -0.05) is 18.0 Å². The number of carbonyl (C=O) groups excluding carboxylic acids is 1. The minimum Gasteiger partial charge on any atom is -0.491 e. The molecule has 0 aliphatic carbocycles. The van der Waals surface area contributed by atoms with E-state index in [4.69, 9.17) is 21.1 Å². The lowest BCUT2D eigenvalue weighted by atomic mass is 10.1. The first-order valence-corrected chi connectivity index (χ1v) is 8.25. The van der Waals surface area contributed by atoms with E-state index in [-0.39, 0.29) is 5.91 Å². The number of nitrogens with one attached hydrogen (secondary N) is 1. The van der Waals surface area contributed by atoms with E-state index in [0.29, 0.717) is 23.1 Å². The lowest BCUT2D eigenvalue weighted by Gasteiger charge is -2.26. The number of methoxy groups -OCH3 is 1. The second-order valence-electron chi connectivity index (χ2n) is 5.32. The fraction of sp³-hybridized carbons (Fsp3) is 0.471. The van der Waals surface area contributed by atoms with E-state index in [0.717, 1.165) is 31.5 Å². The predicted octanol–water partition coefficient (Wildman–Crippen LogP) is 3.28. The maximum atomic E-state index is 12.0. The number of hydrogen-bond donors (Lipinski definition) is 1. The molecule has 1 fully saturated rings. The van der Waals surface area contributed by atoms with Crippen LogP contribution in [0.4, 0.5) is 0 Å². The number of hydrogen-bond acceptors (Lipinski definition) is 4. The van der Waals surface area contributed by atoms with Gasteiger partial charge in [-0.2, -0.15) is 0 Å². The molecule has 0 aromatic heterocycles. The maximum absolute atomic E-state index is 12.0. The van der Waals surface area contributed by atoms with Crippen molar-refractivity contribution in [3.8, 4) is 11.5 Å². The van der Waals surface area contributed by atoms with Crippen LogP contribution in [0.15, 0.2) is 18.2 Å². The third kappa shape index (κ3) is 5.15. The molecule has 0 bridgehead atoms. The average molecular weight is 339 g/mol. The van der Waals surface area contributed by atoms with E-state index in [9.17, 15) is 4.79 Å². The zero-order valence-corrected chi connectivity index (χ0v) is 14.4. The molecule has 1 aromatic rings. The molecule has 6 heteroatoms. The summed E-state index contributed by atoms with van der Waals surface area (Å²) >= 11 is 6.19. The summed E-state index contributed by atoms with van der Waals surface area (Å²) in [5, 5.41) is 2.41. The highest BCUT2D eigenvalue weighted by atomic mass is 35.5. The Kier molecular flexibility index (Phi) is 6.74. The van der Waals surface area contributed by atoms with E-state index in [1.165, 1.54) is 12.5 Å². The van der Waals surface area contributed by atoms with Crippen LogP contribution < -0.4 is 14.9 Å². The molecule has 0 atom stereocenters. The van der Waals surface area contributed by atoms with Gasteiger partial charge in [0.25, 0.3) is 5.91 Å². The van der Waals surface area contributed by atoms with Crippen molar-refractivity contribution in [2.24, 2.45) is 0 Å². The summed E-state index contributed by atoms with van der Waals surface area (Å²) in [6, 6.07) is 3.55. The summed E-state index contributed by atoms with van der Waals surface area (Å²) in [6.45, 7) is 4.21. The second kappa shape index (κ2) is 8.79. The summed E-state index contributed by atoms with van der Waals surface area (Å²) in [5.74, 6) is 0.929. The Balaban J connectivity index is 2.04. The molecule has 2 rings (SSSR count). The Morgan fingerprint density at radius 3 is 2.74 bits per heavy atom.